The average molecular weight is 477 g/mol. The molecule has 4 rings (SSSR count). The van der Waals surface area contributed by atoms with Crippen LogP contribution in [-0.4, -0.2) is 35.0 Å². The predicted molar refractivity (Wildman–Crippen MR) is 118 cm³/mol. The van der Waals surface area contributed by atoms with E-state index in [1.807, 2.05) is 22.4 Å². The summed E-state index contributed by atoms with van der Waals surface area (Å²) in [5, 5.41) is 23.1. The second kappa shape index (κ2) is 8.87. The van der Waals surface area contributed by atoms with E-state index in [4.69, 9.17) is 13.5 Å². The minimum Gasteiger partial charge on any atom is -0.508 e. The first kappa shape index (κ1) is 22.2. The highest BCUT2D eigenvalue weighted by molar-refractivity contribution is 7.52. The smallest absolute Gasteiger partial charge is 0.454 e. The summed E-state index contributed by atoms with van der Waals surface area (Å²) in [5.74, 6) is 0.478. The molecule has 168 valence electrons. The van der Waals surface area contributed by atoms with E-state index in [-0.39, 0.29) is 24.6 Å². The van der Waals surface area contributed by atoms with E-state index in [0.717, 1.165) is 16.0 Å². The van der Waals surface area contributed by atoms with Gasteiger partial charge in [0.15, 0.2) is 0 Å². The van der Waals surface area contributed by atoms with Crippen molar-refractivity contribution in [2.45, 2.75) is 19.0 Å². The number of phenols is 1. The third kappa shape index (κ3) is 4.33. The number of benzene rings is 1. The molecule has 0 saturated heterocycles. The van der Waals surface area contributed by atoms with Gasteiger partial charge in [0.25, 0.3) is 0 Å². The van der Waals surface area contributed by atoms with Crippen LogP contribution in [0.4, 0.5) is 5.88 Å². The molecule has 1 aromatic carbocycles. The molecule has 1 aliphatic heterocycles. The zero-order valence-electron chi connectivity index (χ0n) is 17.2. The second-order valence-electron chi connectivity index (χ2n) is 6.95. The normalized spacial score (nSPS) is 17.5. The second-order valence-corrected chi connectivity index (χ2v) is 9.80. The lowest BCUT2D eigenvalue weighted by atomic mass is 9.90. The number of phenolic OH excluding ortho intramolecular Hbond substituents is 1. The number of fused-ring (bicyclic) bond motifs is 1. The molecule has 0 fully saturated rings. The minimum absolute atomic E-state index is 0.109. The maximum absolute atomic E-state index is 12.9. The SMILES string of the molecule is COP(=O)(/N=C1/Cc2ccc(O)cc2C(c2cccs2)N1Cc1ccc([N+](=O)[O-])o1)OC. The van der Waals surface area contributed by atoms with Gasteiger partial charge in [0.1, 0.15) is 22.3 Å². The van der Waals surface area contributed by atoms with Crippen LogP contribution in [0.1, 0.15) is 27.8 Å². The van der Waals surface area contributed by atoms with Crippen LogP contribution in [0.25, 0.3) is 0 Å². The van der Waals surface area contributed by atoms with Gasteiger partial charge in [-0.1, -0.05) is 12.1 Å². The lowest BCUT2D eigenvalue weighted by Gasteiger charge is -2.39. The first-order chi connectivity index (χ1) is 15.3. The fraction of sp³-hybridized carbons (Fsp3) is 0.250. The van der Waals surface area contributed by atoms with Crippen molar-refractivity contribution in [1.82, 2.24) is 4.90 Å². The van der Waals surface area contributed by atoms with Gasteiger partial charge < -0.3 is 14.4 Å². The molecule has 0 aliphatic carbocycles. The highest BCUT2D eigenvalue weighted by Crippen LogP contribution is 2.50. The topological polar surface area (TPSA) is 128 Å². The van der Waals surface area contributed by atoms with E-state index < -0.39 is 18.7 Å². The molecule has 0 saturated carbocycles. The Morgan fingerprint density at radius 2 is 2.09 bits per heavy atom. The van der Waals surface area contributed by atoms with Gasteiger partial charge in [0.2, 0.25) is 0 Å². The van der Waals surface area contributed by atoms with E-state index in [1.54, 1.807) is 18.2 Å². The summed E-state index contributed by atoms with van der Waals surface area (Å²) in [4.78, 5) is 13.2. The van der Waals surface area contributed by atoms with Crippen molar-refractivity contribution in [1.29, 1.82) is 0 Å². The van der Waals surface area contributed by atoms with Crippen molar-refractivity contribution in [2.75, 3.05) is 14.2 Å². The van der Waals surface area contributed by atoms with Crippen molar-refractivity contribution in [3.05, 3.63) is 79.7 Å². The molecule has 2 aromatic heterocycles. The van der Waals surface area contributed by atoms with E-state index in [9.17, 15) is 19.8 Å². The molecule has 3 heterocycles. The lowest BCUT2D eigenvalue weighted by Crippen LogP contribution is -2.40. The molecule has 0 amide bonds. The maximum Gasteiger partial charge on any atom is 0.454 e. The minimum atomic E-state index is -3.77. The number of hydrogen-bond donors (Lipinski definition) is 1. The van der Waals surface area contributed by atoms with Crippen LogP contribution in [0.5, 0.6) is 5.75 Å². The summed E-state index contributed by atoms with van der Waals surface area (Å²) in [5.41, 5.74) is 1.73. The third-order valence-electron chi connectivity index (χ3n) is 5.08. The summed E-state index contributed by atoms with van der Waals surface area (Å²) in [6.07, 6.45) is 0.289. The van der Waals surface area contributed by atoms with Gasteiger partial charge in [0.05, 0.1) is 18.7 Å². The molecule has 0 radical (unpaired) electrons. The Labute approximate surface area is 187 Å². The fourth-order valence-corrected chi connectivity index (χ4v) is 5.27. The van der Waals surface area contributed by atoms with Gasteiger partial charge in [-0.3, -0.25) is 19.2 Å². The molecule has 0 spiro atoms. The summed E-state index contributed by atoms with van der Waals surface area (Å²) in [6, 6.07) is 11.3. The zero-order chi connectivity index (χ0) is 22.9. The van der Waals surface area contributed by atoms with Crippen LogP contribution < -0.4 is 0 Å². The lowest BCUT2D eigenvalue weighted by molar-refractivity contribution is -0.402. The molecule has 3 aromatic rings. The van der Waals surface area contributed by atoms with Crippen LogP contribution in [0.2, 0.25) is 0 Å². The molecule has 10 nitrogen and oxygen atoms in total. The number of amidine groups is 1. The van der Waals surface area contributed by atoms with Crippen LogP contribution in [0, 0.1) is 10.1 Å². The molecule has 12 heteroatoms. The molecule has 1 unspecified atom stereocenters. The molecular formula is C20H20N3O7PS. The third-order valence-corrected chi connectivity index (χ3v) is 7.40. The van der Waals surface area contributed by atoms with Gasteiger partial charge in [-0.2, -0.15) is 4.76 Å². The van der Waals surface area contributed by atoms with Gasteiger partial charge in [-0.25, -0.2) is 4.57 Å². The van der Waals surface area contributed by atoms with E-state index in [0.29, 0.717) is 11.6 Å². The number of thiophene rings is 1. The Morgan fingerprint density at radius 3 is 2.72 bits per heavy atom. The quantitative estimate of drug-likeness (QED) is 0.289. The van der Waals surface area contributed by atoms with Crippen molar-refractivity contribution < 1.29 is 28.1 Å². The Kier molecular flexibility index (Phi) is 6.16. The molecule has 1 N–H and O–H groups in total. The number of nitro groups is 1. The summed E-state index contributed by atoms with van der Waals surface area (Å²) >= 11 is 1.51. The summed E-state index contributed by atoms with van der Waals surface area (Å²) in [7, 11) is -1.27. The number of rotatable bonds is 7. The van der Waals surface area contributed by atoms with E-state index >= 15 is 0 Å². The Hall–Kier alpha value is -2.98. The van der Waals surface area contributed by atoms with Gasteiger partial charge >= 0.3 is 13.6 Å². The molecule has 32 heavy (non-hydrogen) atoms. The highest BCUT2D eigenvalue weighted by Gasteiger charge is 2.36. The number of nitrogens with zero attached hydrogens (tertiary/aromatic N) is 3. The first-order valence-corrected chi connectivity index (χ1v) is 11.9. The number of hydrogen-bond acceptors (Lipinski definition) is 8. The predicted octanol–water partition coefficient (Wildman–Crippen LogP) is 4.90. The van der Waals surface area contributed by atoms with Gasteiger partial charge in [0, 0.05) is 25.5 Å². The largest absolute Gasteiger partial charge is 0.508 e. The first-order valence-electron chi connectivity index (χ1n) is 9.49. The van der Waals surface area contributed by atoms with Crippen LogP contribution in [0.3, 0.4) is 0 Å². The van der Waals surface area contributed by atoms with Crippen LogP contribution in [-0.2, 0) is 26.6 Å². The zero-order valence-corrected chi connectivity index (χ0v) is 18.9. The van der Waals surface area contributed by atoms with Crippen molar-refractivity contribution in [2.24, 2.45) is 4.76 Å². The molecule has 1 aliphatic rings. The average Bonchev–Trinajstić information content (AvgIpc) is 3.47. The van der Waals surface area contributed by atoms with E-state index in [1.165, 1.54) is 37.7 Å². The van der Waals surface area contributed by atoms with Crippen molar-refractivity contribution in [3.8, 4) is 5.75 Å². The fourth-order valence-electron chi connectivity index (χ4n) is 3.63. The van der Waals surface area contributed by atoms with E-state index in [2.05, 4.69) is 4.76 Å². The monoisotopic (exact) mass is 477 g/mol. The molecule has 0 bridgehead atoms. The van der Waals surface area contributed by atoms with Gasteiger partial charge in [-0.15, -0.1) is 11.3 Å². The number of aromatic hydroxyl groups is 1. The molecular weight excluding hydrogens is 457 g/mol. The molecule has 1 atom stereocenters. The van der Waals surface area contributed by atoms with Crippen molar-refractivity contribution in [3.63, 3.8) is 0 Å². The van der Waals surface area contributed by atoms with Crippen molar-refractivity contribution >= 4 is 30.8 Å². The standard InChI is InChI=1S/C20H20N3O7PS/c1-28-31(27,29-2)21-18-10-13-5-6-14(24)11-16(13)20(17-4-3-9-32-17)22(18)12-15-7-8-19(30-15)23(25)26/h3-9,11,20,24H,10,12H2,1-2H3/b21-18-. The maximum atomic E-state index is 12.9. The van der Waals surface area contributed by atoms with Crippen LogP contribution in [0.15, 0.2) is 57.0 Å². The Bertz CT molecular complexity index is 1200. The Morgan fingerprint density at radius 1 is 1.31 bits per heavy atom. The number of furan rings is 1. The van der Waals surface area contributed by atoms with Gasteiger partial charge in [-0.05, 0) is 40.8 Å². The van der Waals surface area contributed by atoms with Crippen LogP contribution >= 0.6 is 19.1 Å². The summed E-state index contributed by atoms with van der Waals surface area (Å²) < 4.78 is 32.6. The summed E-state index contributed by atoms with van der Waals surface area (Å²) in [6.45, 7) is 0.109. The Balaban J connectivity index is 1.88. The highest BCUT2D eigenvalue weighted by atomic mass is 32.1.